The Morgan fingerprint density at radius 1 is 1.57 bits per heavy atom. The predicted molar refractivity (Wildman–Crippen MR) is 54.2 cm³/mol. The molecule has 0 bridgehead atoms. The molecule has 0 spiro atoms. The summed E-state index contributed by atoms with van der Waals surface area (Å²) in [6.07, 6.45) is 0.972. The van der Waals surface area contributed by atoms with Gasteiger partial charge >= 0.3 is 0 Å². The molecule has 0 radical (unpaired) electrons. The van der Waals surface area contributed by atoms with Gasteiger partial charge in [0.05, 0.1) is 0 Å². The Morgan fingerprint density at radius 2 is 2.43 bits per heavy atom. The zero-order valence-electron chi connectivity index (χ0n) is 7.71. The fourth-order valence-electron chi connectivity index (χ4n) is 1.61. The lowest BCUT2D eigenvalue weighted by molar-refractivity contribution is -0.122. The fourth-order valence-corrected chi connectivity index (χ4v) is 2.38. The molecule has 2 amide bonds. The van der Waals surface area contributed by atoms with Gasteiger partial charge in [0.1, 0.15) is 6.04 Å². The number of carbonyl (C=O) groups is 2. The van der Waals surface area contributed by atoms with E-state index in [1.165, 1.54) is 11.8 Å². The van der Waals surface area contributed by atoms with E-state index in [0.29, 0.717) is 5.75 Å². The standard InChI is InChI=1S/C8H13N3O2S/c12-7(6-4-14-8(13)11-6)10-5-1-2-9-3-5/h5-6,9H,1-4H2,(H,10,12)(H,11,13)/t5-,6?/m1/s1. The van der Waals surface area contributed by atoms with Crippen molar-refractivity contribution in [3.8, 4) is 0 Å². The van der Waals surface area contributed by atoms with Gasteiger partial charge in [-0.15, -0.1) is 0 Å². The molecule has 2 aliphatic rings. The molecule has 2 atom stereocenters. The van der Waals surface area contributed by atoms with E-state index in [1.54, 1.807) is 0 Å². The molecule has 5 nitrogen and oxygen atoms in total. The van der Waals surface area contributed by atoms with Gasteiger partial charge in [0.25, 0.3) is 5.24 Å². The van der Waals surface area contributed by atoms with E-state index < -0.39 is 0 Å². The molecule has 0 aromatic carbocycles. The number of hydrogen-bond acceptors (Lipinski definition) is 4. The highest BCUT2D eigenvalue weighted by Crippen LogP contribution is 2.13. The van der Waals surface area contributed by atoms with Gasteiger partial charge < -0.3 is 16.0 Å². The van der Waals surface area contributed by atoms with Crippen LogP contribution in [0.25, 0.3) is 0 Å². The number of thioether (sulfide) groups is 1. The smallest absolute Gasteiger partial charge is 0.279 e. The predicted octanol–water partition coefficient (Wildman–Crippen LogP) is -0.710. The van der Waals surface area contributed by atoms with Crippen molar-refractivity contribution in [1.82, 2.24) is 16.0 Å². The molecule has 2 aliphatic heterocycles. The zero-order valence-corrected chi connectivity index (χ0v) is 8.52. The van der Waals surface area contributed by atoms with Gasteiger partial charge in [0.15, 0.2) is 0 Å². The maximum absolute atomic E-state index is 11.6. The van der Waals surface area contributed by atoms with Crippen LogP contribution in [0.3, 0.4) is 0 Å². The molecule has 0 saturated carbocycles. The van der Waals surface area contributed by atoms with Gasteiger partial charge in [-0.05, 0) is 13.0 Å². The Morgan fingerprint density at radius 3 is 3.00 bits per heavy atom. The number of hydrogen-bond donors (Lipinski definition) is 3. The van der Waals surface area contributed by atoms with Crippen molar-refractivity contribution < 1.29 is 9.59 Å². The third-order valence-electron chi connectivity index (χ3n) is 2.40. The molecule has 2 heterocycles. The van der Waals surface area contributed by atoms with E-state index in [4.69, 9.17) is 0 Å². The number of carbonyl (C=O) groups excluding carboxylic acids is 2. The van der Waals surface area contributed by atoms with Crippen molar-refractivity contribution >= 4 is 22.9 Å². The minimum Gasteiger partial charge on any atom is -0.350 e. The first-order valence-electron chi connectivity index (χ1n) is 4.70. The molecule has 3 N–H and O–H groups in total. The Balaban J connectivity index is 1.80. The quantitative estimate of drug-likeness (QED) is 0.569. The third kappa shape index (κ3) is 2.19. The van der Waals surface area contributed by atoms with Crippen LogP contribution < -0.4 is 16.0 Å². The molecule has 6 heteroatoms. The summed E-state index contributed by atoms with van der Waals surface area (Å²) < 4.78 is 0. The van der Waals surface area contributed by atoms with Crippen molar-refractivity contribution in [1.29, 1.82) is 0 Å². The lowest BCUT2D eigenvalue weighted by Gasteiger charge is -2.14. The highest BCUT2D eigenvalue weighted by Gasteiger charge is 2.29. The van der Waals surface area contributed by atoms with Crippen molar-refractivity contribution in [2.24, 2.45) is 0 Å². The van der Waals surface area contributed by atoms with Gasteiger partial charge in [-0.25, -0.2) is 0 Å². The highest BCUT2D eigenvalue weighted by atomic mass is 32.2. The van der Waals surface area contributed by atoms with Gasteiger partial charge in [-0.3, -0.25) is 9.59 Å². The second kappa shape index (κ2) is 4.18. The summed E-state index contributed by atoms with van der Waals surface area (Å²) in [5, 5.41) is 8.60. The van der Waals surface area contributed by atoms with Crippen molar-refractivity contribution in [3.63, 3.8) is 0 Å². The molecule has 1 unspecified atom stereocenters. The molecule has 0 aromatic rings. The maximum atomic E-state index is 11.6. The topological polar surface area (TPSA) is 70.2 Å². The summed E-state index contributed by atoms with van der Waals surface area (Å²) in [6.45, 7) is 1.79. The van der Waals surface area contributed by atoms with Crippen LogP contribution in [0.5, 0.6) is 0 Å². The van der Waals surface area contributed by atoms with Crippen molar-refractivity contribution in [2.45, 2.75) is 18.5 Å². The molecule has 78 valence electrons. The Hall–Kier alpha value is -0.750. The van der Waals surface area contributed by atoms with Crippen molar-refractivity contribution in [3.05, 3.63) is 0 Å². The van der Waals surface area contributed by atoms with E-state index >= 15 is 0 Å². The van der Waals surface area contributed by atoms with E-state index in [1.807, 2.05) is 0 Å². The molecule has 0 aromatic heterocycles. The summed E-state index contributed by atoms with van der Waals surface area (Å²) in [5.74, 6) is 0.488. The zero-order chi connectivity index (χ0) is 9.97. The Bertz CT molecular complexity index is 253. The third-order valence-corrected chi connectivity index (χ3v) is 3.28. The molecule has 0 aliphatic carbocycles. The van der Waals surface area contributed by atoms with Crippen LogP contribution in [0.2, 0.25) is 0 Å². The van der Waals surface area contributed by atoms with Crippen molar-refractivity contribution in [2.75, 3.05) is 18.8 Å². The van der Waals surface area contributed by atoms with E-state index in [9.17, 15) is 9.59 Å². The Kier molecular flexibility index (Phi) is 2.93. The van der Waals surface area contributed by atoms with Gasteiger partial charge in [-0.1, -0.05) is 11.8 Å². The van der Waals surface area contributed by atoms with Gasteiger partial charge in [0.2, 0.25) is 5.91 Å². The molecular weight excluding hydrogens is 202 g/mol. The van der Waals surface area contributed by atoms with E-state index in [-0.39, 0.29) is 23.2 Å². The largest absolute Gasteiger partial charge is 0.350 e. The molecule has 2 fully saturated rings. The molecule has 14 heavy (non-hydrogen) atoms. The maximum Gasteiger partial charge on any atom is 0.279 e. The van der Waals surface area contributed by atoms with Crippen LogP contribution in [-0.4, -0.2) is 42.1 Å². The average Bonchev–Trinajstić information content (AvgIpc) is 2.75. The van der Waals surface area contributed by atoms with Crippen LogP contribution in [-0.2, 0) is 4.79 Å². The first-order chi connectivity index (χ1) is 6.75. The summed E-state index contributed by atoms with van der Waals surface area (Å²) in [5.41, 5.74) is 0. The minimum atomic E-state index is -0.340. The van der Waals surface area contributed by atoms with E-state index in [0.717, 1.165) is 19.5 Å². The first kappa shape index (κ1) is 9.79. The fraction of sp³-hybridized carbons (Fsp3) is 0.750. The van der Waals surface area contributed by atoms with Crippen LogP contribution in [0, 0.1) is 0 Å². The molecule has 2 rings (SSSR count). The monoisotopic (exact) mass is 215 g/mol. The average molecular weight is 215 g/mol. The normalized spacial score (nSPS) is 31.6. The van der Waals surface area contributed by atoms with E-state index in [2.05, 4.69) is 16.0 Å². The summed E-state index contributed by atoms with van der Waals surface area (Å²) >= 11 is 1.17. The highest BCUT2D eigenvalue weighted by molar-refractivity contribution is 8.14. The van der Waals surface area contributed by atoms with Crippen LogP contribution in [0.4, 0.5) is 4.79 Å². The first-order valence-corrected chi connectivity index (χ1v) is 5.68. The Labute approximate surface area is 86.4 Å². The molecule has 2 saturated heterocycles. The van der Waals surface area contributed by atoms with Gasteiger partial charge in [-0.2, -0.15) is 0 Å². The van der Waals surface area contributed by atoms with Crippen LogP contribution in [0.15, 0.2) is 0 Å². The van der Waals surface area contributed by atoms with Crippen LogP contribution >= 0.6 is 11.8 Å². The SMILES string of the molecule is O=C1NC(C(=O)N[C@@H]2CCNC2)CS1. The lowest BCUT2D eigenvalue weighted by Crippen LogP contribution is -2.47. The second-order valence-electron chi connectivity index (χ2n) is 3.49. The summed E-state index contributed by atoms with van der Waals surface area (Å²) in [7, 11) is 0. The number of rotatable bonds is 2. The minimum absolute atomic E-state index is 0.0583. The van der Waals surface area contributed by atoms with Crippen LogP contribution in [0.1, 0.15) is 6.42 Å². The second-order valence-corrected chi connectivity index (χ2v) is 4.49. The number of nitrogens with one attached hydrogen (secondary N) is 3. The number of amides is 2. The van der Waals surface area contributed by atoms with Gasteiger partial charge in [0, 0.05) is 18.3 Å². The lowest BCUT2D eigenvalue weighted by atomic mass is 10.2. The summed E-state index contributed by atoms with van der Waals surface area (Å²) in [6, 6.07) is -0.113. The molecular formula is C8H13N3O2S. The summed E-state index contributed by atoms with van der Waals surface area (Å²) in [4.78, 5) is 22.4.